The predicted molar refractivity (Wildman–Crippen MR) is 126 cm³/mol. The van der Waals surface area contributed by atoms with Gasteiger partial charge < -0.3 is 14.8 Å². The zero-order valence-electron chi connectivity index (χ0n) is 18.0. The van der Waals surface area contributed by atoms with Crippen LogP contribution in [0.15, 0.2) is 48.7 Å². The van der Waals surface area contributed by atoms with Gasteiger partial charge in [-0.2, -0.15) is 0 Å². The summed E-state index contributed by atoms with van der Waals surface area (Å²) in [5.41, 5.74) is 8.74. The molecule has 1 saturated carbocycles. The lowest BCUT2D eigenvalue weighted by molar-refractivity contribution is 0.562. The Morgan fingerprint density at radius 1 is 1.00 bits per heavy atom. The molecule has 0 radical (unpaired) electrons. The molecular formula is C25H28N4S. The van der Waals surface area contributed by atoms with Crippen molar-refractivity contribution in [3.63, 3.8) is 0 Å². The highest BCUT2D eigenvalue weighted by atomic mass is 32.1. The second-order valence-corrected chi connectivity index (χ2v) is 9.08. The number of aromatic nitrogens is 2. The minimum atomic E-state index is 0.00784. The Bertz CT molecular complexity index is 1110. The number of nitrogens with one attached hydrogen (secondary N) is 1. The van der Waals surface area contributed by atoms with Gasteiger partial charge in [0.25, 0.3) is 0 Å². The fourth-order valence-corrected chi connectivity index (χ4v) is 5.17. The molecule has 30 heavy (non-hydrogen) atoms. The fourth-order valence-electron chi connectivity index (χ4n) is 4.82. The van der Waals surface area contributed by atoms with Crippen LogP contribution in [0.5, 0.6) is 0 Å². The average Bonchev–Trinajstić information content (AvgIpc) is 3.44. The normalized spacial score (nSPS) is 21.2. The summed E-state index contributed by atoms with van der Waals surface area (Å²) in [4.78, 5) is 6.97. The van der Waals surface area contributed by atoms with Crippen LogP contribution >= 0.6 is 12.2 Å². The molecule has 4 nitrogen and oxygen atoms in total. The molecule has 2 unspecified atom stereocenters. The van der Waals surface area contributed by atoms with Gasteiger partial charge in [-0.15, -0.1) is 0 Å². The van der Waals surface area contributed by atoms with Crippen molar-refractivity contribution in [2.75, 3.05) is 4.90 Å². The second-order valence-electron chi connectivity index (χ2n) is 8.69. The summed E-state index contributed by atoms with van der Waals surface area (Å²) < 4.78 is 2.52. The molecular weight excluding hydrogens is 388 g/mol. The largest absolute Gasteiger partial charge is 0.351 e. The van der Waals surface area contributed by atoms with Crippen molar-refractivity contribution in [1.29, 1.82) is 0 Å². The maximum Gasteiger partial charge on any atom is 0.174 e. The Morgan fingerprint density at radius 2 is 1.80 bits per heavy atom. The highest BCUT2D eigenvalue weighted by molar-refractivity contribution is 7.80. The van der Waals surface area contributed by atoms with Gasteiger partial charge in [-0.1, -0.05) is 12.1 Å². The van der Waals surface area contributed by atoms with Crippen LogP contribution in [0.3, 0.4) is 0 Å². The SMILES string of the molecule is Cc1ccc(N2C(=S)NC(c3ccccn3)C2c2cc(C)n(C3CC3)c2C)cc1C. The van der Waals surface area contributed by atoms with E-state index in [1.165, 1.54) is 40.9 Å². The fraction of sp³-hybridized carbons (Fsp3) is 0.360. The molecule has 2 aromatic heterocycles. The quantitative estimate of drug-likeness (QED) is 0.559. The van der Waals surface area contributed by atoms with Crippen molar-refractivity contribution in [1.82, 2.24) is 14.9 Å². The van der Waals surface area contributed by atoms with Gasteiger partial charge in [0.05, 0.1) is 17.8 Å². The molecule has 3 heterocycles. The molecule has 2 fully saturated rings. The number of pyridine rings is 1. The van der Waals surface area contributed by atoms with E-state index in [1.54, 1.807) is 0 Å². The van der Waals surface area contributed by atoms with Crippen LogP contribution in [0.25, 0.3) is 0 Å². The standard InChI is InChI=1S/C25H28N4S/c1-15-8-9-20(13-16(15)2)29-24(21-14-17(3)28(18(21)4)19-10-11-19)23(27-25(29)30)22-7-5-6-12-26-22/h5-9,12-14,19,23-24H,10-11H2,1-4H3,(H,27,30). The molecule has 2 aliphatic rings. The number of rotatable bonds is 4. The Morgan fingerprint density at radius 3 is 2.47 bits per heavy atom. The van der Waals surface area contributed by atoms with Crippen LogP contribution in [-0.2, 0) is 0 Å². The van der Waals surface area contributed by atoms with Crippen LogP contribution < -0.4 is 10.2 Å². The van der Waals surface area contributed by atoms with Gasteiger partial charge in [0.1, 0.15) is 0 Å². The molecule has 154 valence electrons. The highest BCUT2D eigenvalue weighted by Crippen LogP contribution is 2.46. The van der Waals surface area contributed by atoms with Crippen LogP contribution in [0, 0.1) is 27.7 Å². The third-order valence-electron chi connectivity index (χ3n) is 6.62. The number of anilines is 1. The Balaban J connectivity index is 1.67. The predicted octanol–water partition coefficient (Wildman–Crippen LogP) is 5.63. The maximum atomic E-state index is 5.88. The second kappa shape index (κ2) is 7.24. The van der Waals surface area contributed by atoms with Crippen molar-refractivity contribution >= 4 is 23.0 Å². The summed E-state index contributed by atoms with van der Waals surface area (Å²) in [5.74, 6) is 0. The number of thiocarbonyl (C=S) groups is 1. The van der Waals surface area contributed by atoms with Gasteiger partial charge in [-0.25, -0.2) is 0 Å². The van der Waals surface area contributed by atoms with E-state index in [2.05, 4.69) is 83.9 Å². The molecule has 3 aromatic rings. The van der Waals surface area contributed by atoms with Crippen LogP contribution in [0.2, 0.25) is 0 Å². The Kier molecular flexibility index (Phi) is 4.66. The number of benzene rings is 1. The molecule has 2 atom stereocenters. The number of nitrogens with zero attached hydrogens (tertiary/aromatic N) is 3. The first-order valence-corrected chi connectivity index (χ1v) is 11.1. The number of hydrogen-bond acceptors (Lipinski definition) is 2. The number of aryl methyl sites for hydroxylation is 3. The molecule has 0 spiro atoms. The van der Waals surface area contributed by atoms with E-state index in [4.69, 9.17) is 12.2 Å². The number of hydrogen-bond donors (Lipinski definition) is 1. The maximum absolute atomic E-state index is 5.88. The Labute approximate surface area is 183 Å². The monoisotopic (exact) mass is 416 g/mol. The molecule has 1 aromatic carbocycles. The van der Waals surface area contributed by atoms with E-state index in [9.17, 15) is 0 Å². The first-order chi connectivity index (χ1) is 14.5. The van der Waals surface area contributed by atoms with Gasteiger partial charge in [0.15, 0.2) is 5.11 Å². The van der Waals surface area contributed by atoms with Crippen molar-refractivity contribution in [3.05, 3.63) is 82.4 Å². The third kappa shape index (κ3) is 3.12. The Hall–Kier alpha value is -2.66. The van der Waals surface area contributed by atoms with E-state index >= 15 is 0 Å². The van der Waals surface area contributed by atoms with E-state index in [0.29, 0.717) is 6.04 Å². The minimum absolute atomic E-state index is 0.00784. The zero-order valence-corrected chi connectivity index (χ0v) is 18.8. The van der Waals surface area contributed by atoms with E-state index in [-0.39, 0.29) is 12.1 Å². The molecule has 5 rings (SSSR count). The molecule has 5 heteroatoms. The molecule has 1 aliphatic heterocycles. The third-order valence-corrected chi connectivity index (χ3v) is 6.94. The first kappa shape index (κ1) is 19.3. The van der Waals surface area contributed by atoms with Crippen LogP contribution in [0.4, 0.5) is 5.69 Å². The lowest BCUT2D eigenvalue weighted by Gasteiger charge is -2.28. The van der Waals surface area contributed by atoms with Gasteiger partial charge in [0.2, 0.25) is 0 Å². The first-order valence-electron chi connectivity index (χ1n) is 10.7. The summed E-state index contributed by atoms with van der Waals surface area (Å²) in [5, 5.41) is 4.35. The topological polar surface area (TPSA) is 33.1 Å². The summed E-state index contributed by atoms with van der Waals surface area (Å²) in [6.07, 6.45) is 4.42. The summed E-state index contributed by atoms with van der Waals surface area (Å²) in [6.45, 7) is 8.80. The minimum Gasteiger partial charge on any atom is -0.351 e. The van der Waals surface area contributed by atoms with Crippen molar-refractivity contribution in [2.24, 2.45) is 0 Å². The van der Waals surface area contributed by atoms with Gasteiger partial charge >= 0.3 is 0 Å². The van der Waals surface area contributed by atoms with E-state index < -0.39 is 0 Å². The van der Waals surface area contributed by atoms with Crippen LogP contribution in [-0.4, -0.2) is 14.7 Å². The van der Waals surface area contributed by atoms with E-state index in [1.807, 2.05) is 12.3 Å². The van der Waals surface area contributed by atoms with Gasteiger partial charge in [-0.3, -0.25) is 4.98 Å². The molecule has 1 aliphatic carbocycles. The smallest absolute Gasteiger partial charge is 0.174 e. The van der Waals surface area contributed by atoms with Crippen molar-refractivity contribution in [2.45, 2.75) is 58.7 Å². The molecule has 1 saturated heterocycles. The molecule has 1 N–H and O–H groups in total. The van der Waals surface area contributed by atoms with E-state index in [0.717, 1.165) is 16.5 Å². The lowest BCUT2D eigenvalue weighted by atomic mass is 9.96. The van der Waals surface area contributed by atoms with Gasteiger partial charge in [0, 0.05) is 29.3 Å². The zero-order chi connectivity index (χ0) is 21.0. The lowest BCUT2D eigenvalue weighted by Crippen LogP contribution is -2.29. The van der Waals surface area contributed by atoms with Crippen LogP contribution in [0.1, 0.15) is 64.7 Å². The highest BCUT2D eigenvalue weighted by Gasteiger charge is 2.43. The summed E-state index contributed by atoms with van der Waals surface area (Å²) >= 11 is 5.88. The summed E-state index contributed by atoms with van der Waals surface area (Å²) in [7, 11) is 0. The van der Waals surface area contributed by atoms with Crippen molar-refractivity contribution in [3.8, 4) is 0 Å². The average molecular weight is 417 g/mol. The molecule has 0 bridgehead atoms. The summed E-state index contributed by atoms with van der Waals surface area (Å²) in [6, 6.07) is 15.8. The van der Waals surface area contributed by atoms with Crippen molar-refractivity contribution < 1.29 is 0 Å². The molecule has 0 amide bonds. The van der Waals surface area contributed by atoms with Gasteiger partial charge in [-0.05, 0) is 99.8 Å².